The fourth-order valence-electron chi connectivity index (χ4n) is 1.70. The van der Waals surface area contributed by atoms with Gasteiger partial charge in [-0.3, -0.25) is 4.79 Å². The van der Waals surface area contributed by atoms with Gasteiger partial charge in [-0.15, -0.1) is 0 Å². The van der Waals surface area contributed by atoms with Crippen molar-refractivity contribution in [2.75, 3.05) is 0 Å². The lowest BCUT2D eigenvalue weighted by atomic mass is 9.80. The van der Waals surface area contributed by atoms with Gasteiger partial charge < -0.3 is 5.11 Å². The first-order chi connectivity index (χ1) is 7.47. The summed E-state index contributed by atoms with van der Waals surface area (Å²) in [7, 11) is 0. The molecule has 86 valence electrons. The van der Waals surface area contributed by atoms with Crippen LogP contribution in [0.2, 0.25) is 0 Å². The van der Waals surface area contributed by atoms with Crippen LogP contribution in [-0.4, -0.2) is 16.6 Å². The molecule has 0 heterocycles. The standard InChI is InChI=1S/C12H15NO3/c1-12(2,13-16)10(8-11(14)15)9-6-4-3-5-7-9/h3-7,10H,8H2,1-2H3,(H,14,15). The van der Waals surface area contributed by atoms with Crippen LogP contribution < -0.4 is 0 Å². The molecule has 0 bridgehead atoms. The number of rotatable bonds is 5. The van der Waals surface area contributed by atoms with Crippen LogP contribution in [0.3, 0.4) is 0 Å². The van der Waals surface area contributed by atoms with E-state index in [0.717, 1.165) is 5.56 Å². The quantitative estimate of drug-likeness (QED) is 0.777. The number of aliphatic carboxylic acids is 1. The minimum Gasteiger partial charge on any atom is -0.481 e. The molecule has 1 aromatic rings. The summed E-state index contributed by atoms with van der Waals surface area (Å²) < 4.78 is 0. The molecule has 0 saturated carbocycles. The Morgan fingerprint density at radius 2 is 1.94 bits per heavy atom. The Kier molecular flexibility index (Phi) is 3.77. The van der Waals surface area contributed by atoms with Gasteiger partial charge in [0.25, 0.3) is 0 Å². The van der Waals surface area contributed by atoms with Gasteiger partial charge in [0.1, 0.15) is 5.54 Å². The van der Waals surface area contributed by atoms with E-state index in [2.05, 4.69) is 5.18 Å². The van der Waals surface area contributed by atoms with Crippen LogP contribution in [0, 0.1) is 4.91 Å². The second-order valence-corrected chi connectivity index (χ2v) is 4.31. The molecule has 0 saturated heterocycles. The summed E-state index contributed by atoms with van der Waals surface area (Å²) in [6.45, 7) is 3.31. The third-order valence-corrected chi connectivity index (χ3v) is 2.67. The van der Waals surface area contributed by atoms with E-state index in [1.165, 1.54) is 0 Å². The van der Waals surface area contributed by atoms with E-state index in [-0.39, 0.29) is 6.42 Å². The molecule has 1 atom stereocenters. The van der Waals surface area contributed by atoms with Gasteiger partial charge in [-0.1, -0.05) is 35.5 Å². The largest absolute Gasteiger partial charge is 0.481 e. The van der Waals surface area contributed by atoms with Crippen LogP contribution in [-0.2, 0) is 4.79 Å². The van der Waals surface area contributed by atoms with Gasteiger partial charge >= 0.3 is 5.97 Å². The topological polar surface area (TPSA) is 66.7 Å². The number of carboxylic acid groups (broad SMARTS) is 1. The zero-order chi connectivity index (χ0) is 12.2. The summed E-state index contributed by atoms with van der Waals surface area (Å²) >= 11 is 0. The molecule has 4 heteroatoms. The minimum absolute atomic E-state index is 0.0945. The fraction of sp³-hybridized carbons (Fsp3) is 0.417. The normalized spacial score (nSPS) is 13.1. The van der Waals surface area contributed by atoms with Crippen molar-refractivity contribution in [3.63, 3.8) is 0 Å². The van der Waals surface area contributed by atoms with Crippen molar-refractivity contribution in [3.8, 4) is 0 Å². The van der Waals surface area contributed by atoms with Crippen molar-refractivity contribution < 1.29 is 9.90 Å². The van der Waals surface area contributed by atoms with E-state index in [9.17, 15) is 9.70 Å². The van der Waals surface area contributed by atoms with Crippen LogP contribution in [0.25, 0.3) is 0 Å². The number of hydrogen-bond acceptors (Lipinski definition) is 3. The number of carboxylic acids is 1. The molecule has 1 aromatic carbocycles. The highest BCUT2D eigenvalue weighted by Crippen LogP contribution is 2.33. The first-order valence-electron chi connectivity index (χ1n) is 5.08. The number of nitrogens with zero attached hydrogens (tertiary/aromatic N) is 1. The number of nitroso groups, excluding NO2 is 1. The lowest BCUT2D eigenvalue weighted by Gasteiger charge is -2.26. The van der Waals surface area contributed by atoms with Crippen molar-refractivity contribution in [1.82, 2.24) is 0 Å². The van der Waals surface area contributed by atoms with Crippen LogP contribution in [0.4, 0.5) is 0 Å². The summed E-state index contributed by atoms with van der Waals surface area (Å²) in [5.41, 5.74) is -0.0887. The van der Waals surface area contributed by atoms with Gasteiger partial charge in [-0.05, 0) is 19.4 Å². The molecule has 16 heavy (non-hydrogen) atoms. The van der Waals surface area contributed by atoms with Gasteiger partial charge in [-0.2, -0.15) is 4.91 Å². The summed E-state index contributed by atoms with van der Waals surface area (Å²) in [6, 6.07) is 9.14. The lowest BCUT2D eigenvalue weighted by Crippen LogP contribution is -2.28. The first kappa shape index (κ1) is 12.4. The highest BCUT2D eigenvalue weighted by Gasteiger charge is 2.33. The zero-order valence-corrected chi connectivity index (χ0v) is 9.38. The van der Waals surface area contributed by atoms with E-state index >= 15 is 0 Å². The highest BCUT2D eigenvalue weighted by molar-refractivity contribution is 5.68. The van der Waals surface area contributed by atoms with Gasteiger partial charge in [0, 0.05) is 5.92 Å². The molecule has 0 aromatic heterocycles. The zero-order valence-electron chi connectivity index (χ0n) is 9.38. The van der Waals surface area contributed by atoms with E-state index in [0.29, 0.717) is 0 Å². The van der Waals surface area contributed by atoms with Gasteiger partial charge in [-0.25, -0.2) is 0 Å². The maximum Gasteiger partial charge on any atom is 0.304 e. The maximum absolute atomic E-state index is 10.8. The Balaban J connectivity index is 3.06. The molecule has 0 fully saturated rings. The summed E-state index contributed by atoms with van der Waals surface area (Å²) in [5, 5.41) is 11.9. The van der Waals surface area contributed by atoms with Gasteiger partial charge in [0.15, 0.2) is 0 Å². The summed E-state index contributed by atoms with van der Waals surface area (Å²) in [6.07, 6.45) is -0.0945. The van der Waals surface area contributed by atoms with Crippen molar-refractivity contribution in [3.05, 3.63) is 40.8 Å². The van der Waals surface area contributed by atoms with Crippen LogP contribution in [0.15, 0.2) is 35.5 Å². The van der Waals surface area contributed by atoms with Crippen molar-refractivity contribution in [2.45, 2.75) is 31.7 Å². The van der Waals surface area contributed by atoms with E-state index in [4.69, 9.17) is 5.11 Å². The molecule has 1 N–H and O–H groups in total. The second-order valence-electron chi connectivity index (χ2n) is 4.31. The molecule has 1 rings (SSSR count). The van der Waals surface area contributed by atoms with Crippen molar-refractivity contribution in [1.29, 1.82) is 0 Å². The Morgan fingerprint density at radius 1 is 1.38 bits per heavy atom. The summed E-state index contributed by atoms with van der Waals surface area (Å²) in [5.74, 6) is -1.32. The van der Waals surface area contributed by atoms with Crippen molar-refractivity contribution >= 4 is 5.97 Å². The molecule has 4 nitrogen and oxygen atoms in total. The molecule has 0 aliphatic carbocycles. The minimum atomic E-state index is -0.925. The summed E-state index contributed by atoms with van der Waals surface area (Å²) in [4.78, 5) is 21.6. The van der Waals surface area contributed by atoms with Crippen molar-refractivity contribution in [2.24, 2.45) is 5.18 Å². The Hall–Kier alpha value is -1.71. The average Bonchev–Trinajstić information content (AvgIpc) is 2.27. The second kappa shape index (κ2) is 4.88. The number of benzene rings is 1. The maximum atomic E-state index is 10.8. The molecule has 0 amide bonds. The first-order valence-corrected chi connectivity index (χ1v) is 5.08. The lowest BCUT2D eigenvalue weighted by molar-refractivity contribution is -0.137. The molecule has 0 aliphatic heterocycles. The monoisotopic (exact) mass is 221 g/mol. The predicted molar refractivity (Wildman–Crippen MR) is 61.3 cm³/mol. The fourth-order valence-corrected chi connectivity index (χ4v) is 1.70. The third-order valence-electron chi connectivity index (χ3n) is 2.67. The Morgan fingerprint density at radius 3 is 2.38 bits per heavy atom. The van der Waals surface area contributed by atoms with E-state index in [1.807, 2.05) is 30.3 Å². The van der Waals surface area contributed by atoms with Gasteiger partial charge in [0.2, 0.25) is 0 Å². The predicted octanol–water partition coefficient (Wildman–Crippen LogP) is 2.79. The van der Waals surface area contributed by atoms with Gasteiger partial charge in [0.05, 0.1) is 6.42 Å². The SMILES string of the molecule is CC(C)(N=O)C(CC(=O)O)c1ccccc1. The van der Waals surface area contributed by atoms with E-state index < -0.39 is 17.4 Å². The molecule has 0 spiro atoms. The van der Waals surface area contributed by atoms with Crippen LogP contribution >= 0.6 is 0 Å². The van der Waals surface area contributed by atoms with Crippen LogP contribution in [0.5, 0.6) is 0 Å². The van der Waals surface area contributed by atoms with E-state index in [1.54, 1.807) is 13.8 Å². The highest BCUT2D eigenvalue weighted by atomic mass is 16.4. The molecule has 0 radical (unpaired) electrons. The van der Waals surface area contributed by atoms with Crippen LogP contribution in [0.1, 0.15) is 31.7 Å². The number of hydrogen-bond donors (Lipinski definition) is 1. The molecular weight excluding hydrogens is 206 g/mol. The molecular formula is C12H15NO3. The number of carbonyl (C=O) groups is 1. The Labute approximate surface area is 94.3 Å². The third kappa shape index (κ3) is 2.89. The Bertz CT molecular complexity index is 373. The molecule has 1 unspecified atom stereocenters. The smallest absolute Gasteiger partial charge is 0.304 e. The molecule has 0 aliphatic rings. The average molecular weight is 221 g/mol.